The van der Waals surface area contributed by atoms with Gasteiger partial charge in [-0.15, -0.1) is 0 Å². The topological polar surface area (TPSA) is 74.6 Å². The van der Waals surface area contributed by atoms with Crippen molar-refractivity contribution in [3.8, 4) is 0 Å². The van der Waals surface area contributed by atoms with Crippen molar-refractivity contribution in [3.63, 3.8) is 0 Å². The molecule has 0 saturated carbocycles. The average molecular weight is 177 g/mol. The van der Waals surface area contributed by atoms with Gasteiger partial charge in [-0.05, 0) is 12.8 Å². The van der Waals surface area contributed by atoms with Gasteiger partial charge in [-0.3, -0.25) is 9.59 Å². The van der Waals surface area contributed by atoms with Gasteiger partial charge < -0.3 is 10.2 Å². The molecule has 0 amide bonds. The van der Waals surface area contributed by atoms with Crippen LogP contribution in [0.25, 0.3) is 0 Å². The van der Waals surface area contributed by atoms with E-state index >= 15 is 0 Å². The van der Waals surface area contributed by atoms with Crippen LogP contribution in [0.5, 0.6) is 0 Å². The number of allylic oxidation sites excluding steroid dienone is 2. The van der Waals surface area contributed by atoms with E-state index in [2.05, 4.69) is 0 Å². The molecular formula is C8H10LiO4. The van der Waals surface area contributed by atoms with Gasteiger partial charge in [-0.25, -0.2) is 0 Å². The van der Waals surface area contributed by atoms with Crippen molar-refractivity contribution < 1.29 is 19.8 Å². The summed E-state index contributed by atoms with van der Waals surface area (Å²) < 4.78 is 0. The largest absolute Gasteiger partial charge is 0.481 e. The van der Waals surface area contributed by atoms with Crippen LogP contribution in [0.4, 0.5) is 0 Å². The van der Waals surface area contributed by atoms with E-state index in [0.717, 1.165) is 0 Å². The van der Waals surface area contributed by atoms with E-state index in [1.54, 1.807) is 12.2 Å². The van der Waals surface area contributed by atoms with Crippen molar-refractivity contribution in [1.82, 2.24) is 0 Å². The summed E-state index contributed by atoms with van der Waals surface area (Å²) in [6, 6.07) is 0. The van der Waals surface area contributed by atoms with Gasteiger partial charge >= 0.3 is 11.9 Å². The summed E-state index contributed by atoms with van der Waals surface area (Å²) in [5.74, 6) is -3.56. The van der Waals surface area contributed by atoms with Crippen LogP contribution in [-0.4, -0.2) is 41.0 Å². The van der Waals surface area contributed by atoms with Crippen molar-refractivity contribution >= 4 is 30.8 Å². The smallest absolute Gasteiger partial charge is 0.307 e. The number of aliphatic carboxylic acids is 2. The molecule has 1 rings (SSSR count). The van der Waals surface area contributed by atoms with Crippen LogP contribution in [0.2, 0.25) is 0 Å². The molecule has 13 heavy (non-hydrogen) atoms. The average Bonchev–Trinajstić information content (AvgIpc) is 2.04. The summed E-state index contributed by atoms with van der Waals surface area (Å²) in [7, 11) is 0. The van der Waals surface area contributed by atoms with Gasteiger partial charge in [0.25, 0.3) is 0 Å². The normalized spacial score (nSPS) is 26.2. The van der Waals surface area contributed by atoms with Crippen molar-refractivity contribution in [3.05, 3.63) is 12.2 Å². The Balaban J connectivity index is 0.00000144. The Hall–Kier alpha value is -0.723. The molecule has 2 atom stereocenters. The number of carboxylic acids is 2. The number of carboxylic acid groups (broad SMARTS) is 2. The van der Waals surface area contributed by atoms with Crippen LogP contribution in [0.1, 0.15) is 12.8 Å². The standard InChI is InChI=1S/C8H10O4.Li/c9-7(10)5-3-1-2-4-6(5)8(11)12;/h1-2,5-6H,3-4H2,(H,9,10)(H,11,12);/t5-,6+;. The fourth-order valence-electron chi connectivity index (χ4n) is 1.36. The first-order valence-electron chi connectivity index (χ1n) is 3.73. The third kappa shape index (κ3) is 2.91. The van der Waals surface area contributed by atoms with Crippen LogP contribution in [-0.2, 0) is 9.59 Å². The Labute approximate surface area is 87.8 Å². The molecule has 5 heteroatoms. The Morgan fingerprint density at radius 1 is 1.00 bits per heavy atom. The van der Waals surface area contributed by atoms with Crippen LogP contribution < -0.4 is 0 Å². The van der Waals surface area contributed by atoms with Gasteiger partial charge in [0.1, 0.15) is 0 Å². The van der Waals surface area contributed by atoms with Crippen molar-refractivity contribution in [2.24, 2.45) is 11.8 Å². The molecule has 0 aromatic heterocycles. The minimum Gasteiger partial charge on any atom is -0.481 e. The summed E-state index contributed by atoms with van der Waals surface area (Å²) in [5.41, 5.74) is 0. The minimum atomic E-state index is -1.02. The van der Waals surface area contributed by atoms with E-state index in [1.807, 2.05) is 0 Å². The molecule has 0 heterocycles. The quantitative estimate of drug-likeness (QED) is 0.471. The van der Waals surface area contributed by atoms with E-state index in [0.29, 0.717) is 12.8 Å². The van der Waals surface area contributed by atoms with E-state index in [1.165, 1.54) is 0 Å². The maximum atomic E-state index is 10.6. The van der Waals surface area contributed by atoms with Gasteiger partial charge in [0.15, 0.2) is 0 Å². The molecule has 1 aliphatic rings. The second kappa shape index (κ2) is 5.10. The molecule has 4 nitrogen and oxygen atoms in total. The van der Waals surface area contributed by atoms with Crippen molar-refractivity contribution in [2.45, 2.75) is 12.8 Å². The number of hydrogen-bond acceptors (Lipinski definition) is 2. The molecule has 67 valence electrons. The molecule has 0 aromatic carbocycles. The Bertz CT molecular complexity index is 212. The van der Waals surface area contributed by atoms with Crippen LogP contribution in [0.15, 0.2) is 12.2 Å². The summed E-state index contributed by atoms with van der Waals surface area (Å²) >= 11 is 0. The van der Waals surface area contributed by atoms with Gasteiger partial charge in [-0.1, -0.05) is 12.2 Å². The number of rotatable bonds is 2. The van der Waals surface area contributed by atoms with Crippen LogP contribution >= 0.6 is 0 Å². The second-order valence-corrected chi connectivity index (χ2v) is 2.83. The van der Waals surface area contributed by atoms with Crippen molar-refractivity contribution in [1.29, 1.82) is 0 Å². The monoisotopic (exact) mass is 177 g/mol. The Kier molecular flexibility index (Phi) is 4.82. The summed E-state index contributed by atoms with van der Waals surface area (Å²) in [4.78, 5) is 21.1. The zero-order valence-electron chi connectivity index (χ0n) is 7.43. The third-order valence-corrected chi connectivity index (χ3v) is 2.07. The van der Waals surface area contributed by atoms with E-state index < -0.39 is 23.8 Å². The van der Waals surface area contributed by atoms with Gasteiger partial charge in [0.2, 0.25) is 0 Å². The summed E-state index contributed by atoms with van der Waals surface area (Å²) in [5, 5.41) is 17.3. The fraction of sp³-hybridized carbons (Fsp3) is 0.500. The molecule has 0 spiro atoms. The number of hydrogen-bond donors (Lipinski definition) is 2. The predicted molar refractivity (Wildman–Crippen MR) is 46.4 cm³/mol. The molecule has 0 aliphatic heterocycles. The first-order valence-corrected chi connectivity index (χ1v) is 3.73. The molecule has 0 bridgehead atoms. The summed E-state index contributed by atoms with van der Waals surface area (Å²) in [6.07, 6.45) is 4.09. The first-order chi connectivity index (χ1) is 5.63. The number of carbonyl (C=O) groups is 2. The SMILES string of the molecule is O=C(O)[C@H]1CC=CC[C@H]1C(=O)O.[Li]. The Morgan fingerprint density at radius 2 is 1.31 bits per heavy atom. The molecule has 0 aromatic rings. The maximum absolute atomic E-state index is 10.6. The van der Waals surface area contributed by atoms with Crippen LogP contribution in [0, 0.1) is 11.8 Å². The third-order valence-electron chi connectivity index (χ3n) is 2.07. The van der Waals surface area contributed by atoms with Crippen molar-refractivity contribution in [2.75, 3.05) is 0 Å². The molecular weight excluding hydrogens is 167 g/mol. The summed E-state index contributed by atoms with van der Waals surface area (Å²) in [6.45, 7) is 0. The van der Waals surface area contributed by atoms with E-state index in [-0.39, 0.29) is 18.9 Å². The minimum absolute atomic E-state index is 0. The van der Waals surface area contributed by atoms with Crippen LogP contribution in [0.3, 0.4) is 0 Å². The molecule has 2 N–H and O–H groups in total. The zero-order valence-corrected chi connectivity index (χ0v) is 7.43. The Morgan fingerprint density at radius 3 is 1.54 bits per heavy atom. The molecule has 0 unspecified atom stereocenters. The van der Waals surface area contributed by atoms with Gasteiger partial charge in [-0.2, -0.15) is 0 Å². The maximum Gasteiger partial charge on any atom is 0.307 e. The first kappa shape index (κ1) is 12.3. The van der Waals surface area contributed by atoms with Gasteiger partial charge in [0.05, 0.1) is 11.8 Å². The molecule has 1 aliphatic carbocycles. The molecule has 1 radical (unpaired) electrons. The van der Waals surface area contributed by atoms with E-state index in [9.17, 15) is 9.59 Å². The molecule has 0 saturated heterocycles. The fourth-order valence-corrected chi connectivity index (χ4v) is 1.36. The zero-order chi connectivity index (χ0) is 9.14. The predicted octanol–water partition coefficient (Wildman–Crippen LogP) is 0.357. The van der Waals surface area contributed by atoms with Gasteiger partial charge in [0, 0.05) is 18.9 Å². The molecule has 0 fully saturated rings. The van der Waals surface area contributed by atoms with E-state index in [4.69, 9.17) is 10.2 Å². The second-order valence-electron chi connectivity index (χ2n) is 2.83.